The number of halogens is 1. The van der Waals surface area contributed by atoms with E-state index in [4.69, 9.17) is 19.9 Å². The Morgan fingerprint density at radius 3 is 2.79 bits per heavy atom. The highest BCUT2D eigenvalue weighted by atomic mass is 79.9. The maximum atomic E-state index is 12.0. The van der Waals surface area contributed by atoms with E-state index in [9.17, 15) is 9.59 Å². The average Bonchev–Trinajstić information content (AvgIpc) is 3.02. The van der Waals surface area contributed by atoms with Crippen molar-refractivity contribution in [3.8, 4) is 11.5 Å². The van der Waals surface area contributed by atoms with Crippen molar-refractivity contribution in [3.63, 3.8) is 0 Å². The van der Waals surface area contributed by atoms with Crippen LogP contribution in [0.3, 0.4) is 0 Å². The molecule has 0 aromatic heterocycles. The van der Waals surface area contributed by atoms with Gasteiger partial charge in [0.1, 0.15) is 0 Å². The summed E-state index contributed by atoms with van der Waals surface area (Å²) in [5, 5.41) is 2.61. The molecule has 0 aliphatic carbocycles. The van der Waals surface area contributed by atoms with E-state index in [-0.39, 0.29) is 18.0 Å². The van der Waals surface area contributed by atoms with Gasteiger partial charge in [0.15, 0.2) is 18.1 Å². The number of hydrogen-bond acceptors (Lipinski definition) is 6. The number of nitrogens with one attached hydrogen (secondary N) is 1. The summed E-state index contributed by atoms with van der Waals surface area (Å²) in [6.45, 7) is -0.280. The summed E-state index contributed by atoms with van der Waals surface area (Å²) in [7, 11) is 0. The molecule has 24 heavy (non-hydrogen) atoms. The van der Waals surface area contributed by atoms with Gasteiger partial charge < -0.3 is 25.3 Å². The largest absolute Gasteiger partial charge is 0.454 e. The van der Waals surface area contributed by atoms with Crippen molar-refractivity contribution in [2.24, 2.45) is 0 Å². The molecule has 2 aromatic rings. The lowest BCUT2D eigenvalue weighted by Crippen LogP contribution is -2.21. The normalized spacial score (nSPS) is 11.9. The molecule has 0 fully saturated rings. The number of hydrogen-bond donors (Lipinski definition) is 2. The molecule has 8 heteroatoms. The molecule has 1 aliphatic rings. The Kier molecular flexibility index (Phi) is 4.57. The first kappa shape index (κ1) is 16.1. The first-order chi connectivity index (χ1) is 11.5. The van der Waals surface area contributed by atoms with Crippen molar-refractivity contribution >= 4 is 39.2 Å². The number of carbonyl (C=O) groups excluding carboxylic acids is 2. The van der Waals surface area contributed by atoms with Crippen molar-refractivity contribution in [2.75, 3.05) is 24.5 Å². The fraction of sp³-hybridized carbons (Fsp3) is 0.125. The molecule has 124 valence electrons. The maximum absolute atomic E-state index is 12.0. The molecule has 3 N–H and O–H groups in total. The minimum absolute atomic E-state index is 0.151. The first-order valence-electron chi connectivity index (χ1n) is 6.94. The molecule has 0 saturated heterocycles. The highest BCUT2D eigenvalue weighted by molar-refractivity contribution is 9.10. The number of ether oxygens (including phenoxy) is 3. The van der Waals surface area contributed by atoms with Gasteiger partial charge in [-0.25, -0.2) is 4.79 Å². The van der Waals surface area contributed by atoms with Crippen molar-refractivity contribution < 1.29 is 23.8 Å². The zero-order valence-electron chi connectivity index (χ0n) is 12.4. The Labute approximate surface area is 145 Å². The van der Waals surface area contributed by atoms with Crippen LogP contribution in [0.25, 0.3) is 0 Å². The van der Waals surface area contributed by atoms with Gasteiger partial charge in [-0.15, -0.1) is 0 Å². The van der Waals surface area contributed by atoms with Gasteiger partial charge in [-0.3, -0.25) is 4.79 Å². The number of esters is 1. The third-order valence-electron chi connectivity index (χ3n) is 3.23. The second kappa shape index (κ2) is 6.79. The molecule has 0 unspecified atom stereocenters. The van der Waals surface area contributed by atoms with Crippen LogP contribution in [0.15, 0.2) is 40.9 Å². The van der Waals surface area contributed by atoms with Crippen molar-refractivity contribution in [2.45, 2.75) is 0 Å². The van der Waals surface area contributed by atoms with E-state index in [1.165, 1.54) is 6.07 Å². The monoisotopic (exact) mass is 392 g/mol. The lowest BCUT2D eigenvalue weighted by atomic mass is 10.2. The molecular weight excluding hydrogens is 380 g/mol. The predicted molar refractivity (Wildman–Crippen MR) is 90.0 cm³/mol. The highest BCUT2D eigenvalue weighted by Crippen LogP contribution is 2.34. The molecule has 1 aliphatic heterocycles. The van der Waals surface area contributed by atoms with E-state index in [1.807, 2.05) is 0 Å². The number of benzene rings is 2. The molecule has 0 bridgehead atoms. The van der Waals surface area contributed by atoms with E-state index in [0.717, 1.165) is 0 Å². The van der Waals surface area contributed by atoms with Gasteiger partial charge in [-0.05, 0) is 30.3 Å². The van der Waals surface area contributed by atoms with Crippen molar-refractivity contribution in [1.82, 2.24) is 0 Å². The van der Waals surface area contributed by atoms with Gasteiger partial charge in [0.2, 0.25) is 6.79 Å². The molecular formula is C16H13BrN2O5. The van der Waals surface area contributed by atoms with Crippen LogP contribution in [0.1, 0.15) is 10.4 Å². The fourth-order valence-electron chi connectivity index (χ4n) is 2.09. The minimum Gasteiger partial charge on any atom is -0.454 e. The Morgan fingerprint density at radius 1 is 1.17 bits per heavy atom. The molecule has 2 aromatic carbocycles. The van der Waals surface area contributed by atoms with E-state index < -0.39 is 18.5 Å². The zero-order chi connectivity index (χ0) is 17.1. The second-order valence-electron chi connectivity index (χ2n) is 4.92. The Morgan fingerprint density at radius 2 is 1.96 bits per heavy atom. The molecule has 1 heterocycles. The number of rotatable bonds is 4. The lowest BCUT2D eigenvalue weighted by molar-refractivity contribution is -0.119. The molecule has 0 atom stereocenters. The Bertz CT molecular complexity index is 809. The topological polar surface area (TPSA) is 99.9 Å². The number of anilines is 2. The molecule has 7 nitrogen and oxygen atoms in total. The van der Waals surface area contributed by atoms with Crippen LogP contribution in [-0.2, 0) is 9.53 Å². The second-order valence-corrected chi connectivity index (χ2v) is 5.84. The van der Waals surface area contributed by atoms with Gasteiger partial charge in [-0.2, -0.15) is 0 Å². The van der Waals surface area contributed by atoms with Crippen LogP contribution in [0, 0.1) is 0 Å². The lowest BCUT2D eigenvalue weighted by Gasteiger charge is -2.08. The standard InChI is InChI=1S/C16H13BrN2O5/c17-9-1-3-12(18)11(5-9)16(21)22-7-15(20)19-10-2-4-13-14(6-10)24-8-23-13/h1-6H,7-8,18H2,(H,19,20). The molecule has 0 saturated carbocycles. The SMILES string of the molecule is Nc1ccc(Br)cc1C(=O)OCC(=O)Nc1ccc2c(c1)OCO2. The number of amides is 1. The van der Waals surface area contributed by atoms with Crippen LogP contribution < -0.4 is 20.5 Å². The third kappa shape index (κ3) is 3.60. The summed E-state index contributed by atoms with van der Waals surface area (Å²) >= 11 is 3.25. The number of nitrogen functional groups attached to an aromatic ring is 1. The van der Waals surface area contributed by atoms with Gasteiger partial charge in [0.25, 0.3) is 5.91 Å². The van der Waals surface area contributed by atoms with Crippen molar-refractivity contribution in [1.29, 1.82) is 0 Å². The smallest absolute Gasteiger partial charge is 0.340 e. The van der Waals surface area contributed by atoms with Gasteiger partial charge >= 0.3 is 5.97 Å². The van der Waals surface area contributed by atoms with Crippen LogP contribution in [0.2, 0.25) is 0 Å². The number of carbonyl (C=O) groups is 2. The first-order valence-corrected chi connectivity index (χ1v) is 7.74. The van der Waals surface area contributed by atoms with Crippen LogP contribution >= 0.6 is 15.9 Å². The summed E-state index contributed by atoms with van der Waals surface area (Å²) in [4.78, 5) is 23.9. The van der Waals surface area contributed by atoms with Gasteiger partial charge in [-0.1, -0.05) is 15.9 Å². The van der Waals surface area contributed by atoms with Crippen LogP contribution in [-0.4, -0.2) is 25.3 Å². The number of nitrogens with two attached hydrogens (primary N) is 1. The highest BCUT2D eigenvalue weighted by Gasteiger charge is 2.16. The quantitative estimate of drug-likeness (QED) is 0.612. The Hall–Kier alpha value is -2.74. The Balaban J connectivity index is 1.57. The van der Waals surface area contributed by atoms with Crippen molar-refractivity contribution in [3.05, 3.63) is 46.4 Å². The summed E-state index contributed by atoms with van der Waals surface area (Å²) in [5.74, 6) is 0.0154. The van der Waals surface area contributed by atoms with Gasteiger partial charge in [0.05, 0.1) is 5.56 Å². The number of fused-ring (bicyclic) bond motifs is 1. The van der Waals surface area contributed by atoms with Crippen LogP contribution in [0.4, 0.5) is 11.4 Å². The zero-order valence-corrected chi connectivity index (χ0v) is 14.0. The van der Waals surface area contributed by atoms with Gasteiger partial charge in [0, 0.05) is 21.9 Å². The molecule has 0 spiro atoms. The molecule has 3 rings (SSSR count). The third-order valence-corrected chi connectivity index (χ3v) is 3.72. The summed E-state index contributed by atoms with van der Waals surface area (Å²) in [6.07, 6.45) is 0. The summed E-state index contributed by atoms with van der Waals surface area (Å²) in [6, 6.07) is 9.80. The average molecular weight is 393 g/mol. The predicted octanol–water partition coefficient (Wildman–Crippen LogP) is 2.56. The van der Waals surface area contributed by atoms with E-state index in [1.54, 1.807) is 30.3 Å². The molecule has 0 radical (unpaired) electrons. The molecule has 1 amide bonds. The van der Waals surface area contributed by atoms with Crippen LogP contribution in [0.5, 0.6) is 11.5 Å². The maximum Gasteiger partial charge on any atom is 0.340 e. The summed E-state index contributed by atoms with van der Waals surface area (Å²) in [5.41, 5.74) is 6.71. The minimum atomic E-state index is -0.672. The fourth-order valence-corrected chi connectivity index (χ4v) is 2.45. The van der Waals surface area contributed by atoms with E-state index in [0.29, 0.717) is 21.7 Å². The van der Waals surface area contributed by atoms with E-state index >= 15 is 0 Å². The summed E-state index contributed by atoms with van der Waals surface area (Å²) < 4.78 is 16.1. The van der Waals surface area contributed by atoms with E-state index in [2.05, 4.69) is 21.2 Å².